The minimum absolute atomic E-state index is 0.426. The highest BCUT2D eigenvalue weighted by molar-refractivity contribution is 7.89. The predicted octanol–water partition coefficient (Wildman–Crippen LogP) is 3.38. The topological polar surface area (TPSA) is 37.4 Å². The fraction of sp³-hybridized carbons (Fsp3) is 0.333. The van der Waals surface area contributed by atoms with Gasteiger partial charge in [0, 0.05) is 18.7 Å². The molecular formula is C18H19NO2S. The molecule has 4 rings (SSSR count). The lowest BCUT2D eigenvalue weighted by Gasteiger charge is -2.38. The highest BCUT2D eigenvalue weighted by Gasteiger charge is 2.44. The van der Waals surface area contributed by atoms with Gasteiger partial charge in [-0.3, -0.25) is 0 Å². The molecule has 0 atom stereocenters. The lowest BCUT2D eigenvalue weighted by Crippen LogP contribution is -2.50. The summed E-state index contributed by atoms with van der Waals surface area (Å²) in [5.41, 5.74) is 1.74. The van der Waals surface area contributed by atoms with Crippen LogP contribution in [0.15, 0.2) is 59.5 Å². The number of nitrogens with zero attached hydrogens (tertiary/aromatic N) is 1. The van der Waals surface area contributed by atoms with Gasteiger partial charge >= 0.3 is 0 Å². The highest BCUT2D eigenvalue weighted by Crippen LogP contribution is 2.43. The summed E-state index contributed by atoms with van der Waals surface area (Å²) in [6.45, 7) is 1.38. The molecule has 0 amide bonds. The third kappa shape index (κ3) is 2.36. The third-order valence-electron chi connectivity index (χ3n) is 4.75. The molecule has 4 heteroatoms. The molecule has 0 aromatic heterocycles. The SMILES string of the molecule is O=S(=O)(c1ccccc1-c1ccccc1)N1CC(C2CC2)C1. The van der Waals surface area contributed by atoms with Crippen LogP contribution in [0.4, 0.5) is 0 Å². The largest absolute Gasteiger partial charge is 0.243 e. The van der Waals surface area contributed by atoms with Gasteiger partial charge in [-0.15, -0.1) is 0 Å². The number of benzene rings is 2. The number of hydrogen-bond donors (Lipinski definition) is 0. The quantitative estimate of drug-likeness (QED) is 0.867. The van der Waals surface area contributed by atoms with E-state index in [1.54, 1.807) is 16.4 Å². The minimum Gasteiger partial charge on any atom is -0.207 e. The summed E-state index contributed by atoms with van der Waals surface area (Å²) in [5, 5.41) is 0. The van der Waals surface area contributed by atoms with Crippen molar-refractivity contribution in [3.8, 4) is 11.1 Å². The van der Waals surface area contributed by atoms with E-state index in [-0.39, 0.29) is 0 Å². The molecule has 1 heterocycles. The summed E-state index contributed by atoms with van der Waals surface area (Å²) in [4.78, 5) is 0.426. The fourth-order valence-electron chi connectivity index (χ4n) is 3.22. The van der Waals surface area contributed by atoms with Crippen molar-refractivity contribution in [2.24, 2.45) is 11.8 Å². The molecule has 114 valence electrons. The lowest BCUT2D eigenvalue weighted by atomic mass is 9.98. The molecule has 2 aromatic carbocycles. The maximum atomic E-state index is 12.9. The van der Waals surface area contributed by atoms with Crippen molar-refractivity contribution in [1.29, 1.82) is 0 Å². The van der Waals surface area contributed by atoms with Crippen LogP contribution in [0.25, 0.3) is 11.1 Å². The van der Waals surface area contributed by atoms with Gasteiger partial charge in [0.1, 0.15) is 0 Å². The van der Waals surface area contributed by atoms with Crippen LogP contribution in [0, 0.1) is 11.8 Å². The van der Waals surface area contributed by atoms with Gasteiger partial charge in [-0.05, 0) is 36.3 Å². The summed E-state index contributed by atoms with van der Waals surface area (Å²) < 4.78 is 27.5. The molecule has 1 saturated carbocycles. The van der Waals surface area contributed by atoms with Gasteiger partial charge in [0.15, 0.2) is 0 Å². The van der Waals surface area contributed by atoms with Crippen molar-refractivity contribution in [3.05, 3.63) is 54.6 Å². The van der Waals surface area contributed by atoms with E-state index in [4.69, 9.17) is 0 Å². The zero-order chi connectivity index (χ0) is 15.2. The van der Waals surface area contributed by atoms with Crippen molar-refractivity contribution in [1.82, 2.24) is 4.31 Å². The zero-order valence-electron chi connectivity index (χ0n) is 12.4. The van der Waals surface area contributed by atoms with Gasteiger partial charge in [-0.25, -0.2) is 8.42 Å². The van der Waals surface area contributed by atoms with Gasteiger partial charge in [-0.2, -0.15) is 4.31 Å². The standard InChI is InChI=1S/C18H19NO2S/c20-22(21,19-12-16(13-19)14-10-11-14)18-9-5-4-8-17(18)15-6-2-1-3-7-15/h1-9,14,16H,10-13H2. The molecule has 2 aliphatic rings. The van der Waals surface area contributed by atoms with Gasteiger partial charge in [-0.1, -0.05) is 48.5 Å². The first-order valence-electron chi connectivity index (χ1n) is 7.81. The van der Waals surface area contributed by atoms with Crippen molar-refractivity contribution < 1.29 is 8.42 Å². The first kappa shape index (κ1) is 14.0. The van der Waals surface area contributed by atoms with Crippen LogP contribution in [0.2, 0.25) is 0 Å². The Bertz CT molecular complexity index is 776. The first-order chi connectivity index (χ1) is 10.7. The normalized spacial score (nSPS) is 19.8. The second-order valence-corrected chi connectivity index (χ2v) is 8.19. The van der Waals surface area contributed by atoms with E-state index in [0.29, 0.717) is 23.9 Å². The Morgan fingerprint density at radius 1 is 0.818 bits per heavy atom. The molecule has 1 saturated heterocycles. The molecule has 0 radical (unpaired) electrons. The van der Waals surface area contributed by atoms with E-state index < -0.39 is 10.0 Å². The lowest BCUT2D eigenvalue weighted by molar-refractivity contribution is 0.178. The van der Waals surface area contributed by atoms with E-state index in [0.717, 1.165) is 17.0 Å². The van der Waals surface area contributed by atoms with Crippen LogP contribution < -0.4 is 0 Å². The summed E-state index contributed by atoms with van der Waals surface area (Å²) in [7, 11) is -3.39. The van der Waals surface area contributed by atoms with Crippen LogP contribution in [0.1, 0.15) is 12.8 Å². The van der Waals surface area contributed by atoms with Crippen LogP contribution in [0.5, 0.6) is 0 Å². The van der Waals surface area contributed by atoms with E-state index in [2.05, 4.69) is 0 Å². The summed E-state index contributed by atoms with van der Waals surface area (Å²) in [5.74, 6) is 1.36. The molecule has 1 aliphatic carbocycles. The Balaban J connectivity index is 1.67. The Kier molecular flexibility index (Phi) is 3.31. The van der Waals surface area contributed by atoms with E-state index in [1.807, 2.05) is 42.5 Å². The zero-order valence-corrected chi connectivity index (χ0v) is 13.2. The predicted molar refractivity (Wildman–Crippen MR) is 86.9 cm³/mol. The summed E-state index contributed by atoms with van der Waals surface area (Å²) in [6.07, 6.45) is 2.55. The molecule has 0 N–H and O–H groups in total. The van der Waals surface area contributed by atoms with Gasteiger partial charge in [0.2, 0.25) is 10.0 Å². The van der Waals surface area contributed by atoms with Crippen LogP contribution in [0.3, 0.4) is 0 Å². The van der Waals surface area contributed by atoms with Crippen molar-refractivity contribution in [2.45, 2.75) is 17.7 Å². The van der Waals surface area contributed by atoms with Crippen molar-refractivity contribution in [2.75, 3.05) is 13.1 Å². The molecule has 3 nitrogen and oxygen atoms in total. The first-order valence-corrected chi connectivity index (χ1v) is 9.25. The minimum atomic E-state index is -3.39. The van der Waals surface area contributed by atoms with Gasteiger partial charge < -0.3 is 0 Å². The highest BCUT2D eigenvalue weighted by atomic mass is 32.2. The Morgan fingerprint density at radius 3 is 2.14 bits per heavy atom. The second-order valence-electron chi connectivity index (χ2n) is 6.28. The number of hydrogen-bond acceptors (Lipinski definition) is 2. The second kappa shape index (κ2) is 5.21. The molecule has 2 fully saturated rings. The van der Waals surface area contributed by atoms with Crippen LogP contribution >= 0.6 is 0 Å². The molecule has 1 aliphatic heterocycles. The van der Waals surface area contributed by atoms with Crippen molar-refractivity contribution >= 4 is 10.0 Å². The average Bonchev–Trinajstić information content (AvgIpc) is 3.31. The summed E-state index contributed by atoms with van der Waals surface area (Å²) in [6, 6.07) is 17.0. The maximum Gasteiger partial charge on any atom is 0.243 e. The molecule has 0 unspecified atom stereocenters. The maximum absolute atomic E-state index is 12.9. The van der Waals surface area contributed by atoms with Gasteiger partial charge in [0.25, 0.3) is 0 Å². The molecule has 22 heavy (non-hydrogen) atoms. The van der Waals surface area contributed by atoms with E-state index >= 15 is 0 Å². The summed E-state index contributed by atoms with van der Waals surface area (Å²) >= 11 is 0. The molecular weight excluding hydrogens is 294 g/mol. The molecule has 0 spiro atoms. The van der Waals surface area contributed by atoms with E-state index in [1.165, 1.54) is 12.8 Å². The average molecular weight is 313 g/mol. The fourth-order valence-corrected chi connectivity index (χ4v) is 4.99. The smallest absolute Gasteiger partial charge is 0.207 e. The third-order valence-corrected chi connectivity index (χ3v) is 6.64. The van der Waals surface area contributed by atoms with Crippen molar-refractivity contribution in [3.63, 3.8) is 0 Å². The van der Waals surface area contributed by atoms with Crippen LogP contribution in [-0.4, -0.2) is 25.8 Å². The van der Waals surface area contributed by atoms with E-state index in [9.17, 15) is 8.42 Å². The van der Waals surface area contributed by atoms with Gasteiger partial charge in [0.05, 0.1) is 4.90 Å². The number of rotatable bonds is 4. The van der Waals surface area contributed by atoms with Crippen LogP contribution in [-0.2, 0) is 10.0 Å². The Morgan fingerprint density at radius 2 is 1.45 bits per heavy atom. The molecule has 2 aromatic rings. The number of sulfonamides is 1. The Hall–Kier alpha value is -1.65. The Labute approximate surface area is 131 Å². The molecule has 0 bridgehead atoms. The monoisotopic (exact) mass is 313 g/mol.